The molecule has 4 nitrogen and oxygen atoms in total. The first-order chi connectivity index (χ1) is 9.11. The molecular formula is C14H12ClN3O. The van der Waals surface area contributed by atoms with Gasteiger partial charge in [-0.1, -0.05) is 23.7 Å². The second-order valence-corrected chi connectivity index (χ2v) is 4.53. The Balaban J connectivity index is 2.19. The lowest BCUT2D eigenvalue weighted by molar-refractivity contribution is 0.0937. The molecule has 0 radical (unpaired) electrons. The minimum absolute atomic E-state index is 0.293. The molecule has 0 spiro atoms. The molecule has 0 fully saturated rings. The average molecular weight is 274 g/mol. The maximum atomic E-state index is 12.0. The van der Waals surface area contributed by atoms with Crippen LogP contribution in [0.25, 0.3) is 0 Å². The summed E-state index contributed by atoms with van der Waals surface area (Å²) in [6.45, 7) is 0. The van der Waals surface area contributed by atoms with Crippen molar-refractivity contribution in [1.82, 2.24) is 9.88 Å². The third kappa shape index (κ3) is 2.95. The van der Waals surface area contributed by atoms with Gasteiger partial charge in [0.1, 0.15) is 11.7 Å². The zero-order valence-electron chi connectivity index (χ0n) is 10.3. The van der Waals surface area contributed by atoms with Gasteiger partial charge in [0.25, 0.3) is 5.91 Å². The molecule has 1 N–H and O–H groups in total. The average Bonchev–Trinajstić information content (AvgIpc) is 2.82. The molecule has 1 amide bonds. The summed E-state index contributed by atoms with van der Waals surface area (Å²) in [4.78, 5) is 12.0. The van der Waals surface area contributed by atoms with Gasteiger partial charge in [-0.25, -0.2) is 0 Å². The predicted molar refractivity (Wildman–Crippen MR) is 72.7 cm³/mol. The third-order valence-electron chi connectivity index (χ3n) is 2.76. The lowest BCUT2D eigenvalue weighted by Crippen LogP contribution is -2.29. The molecule has 5 heteroatoms. The van der Waals surface area contributed by atoms with Gasteiger partial charge in [0.05, 0.1) is 6.07 Å². The van der Waals surface area contributed by atoms with Crippen LogP contribution in [0.15, 0.2) is 42.6 Å². The van der Waals surface area contributed by atoms with E-state index in [0.717, 1.165) is 0 Å². The SMILES string of the molecule is Cn1cccc1C(=O)N[C@@H](C#N)c1cccc(Cl)c1. The van der Waals surface area contributed by atoms with Crippen molar-refractivity contribution in [3.8, 4) is 6.07 Å². The number of hydrogen-bond acceptors (Lipinski definition) is 2. The van der Waals surface area contributed by atoms with Gasteiger partial charge in [-0.05, 0) is 29.8 Å². The number of nitrogens with zero attached hydrogens (tertiary/aromatic N) is 2. The van der Waals surface area contributed by atoms with E-state index in [1.807, 2.05) is 0 Å². The normalized spacial score (nSPS) is 11.6. The number of nitriles is 1. The van der Waals surface area contributed by atoms with Crippen LogP contribution < -0.4 is 5.32 Å². The highest BCUT2D eigenvalue weighted by atomic mass is 35.5. The highest BCUT2D eigenvalue weighted by Crippen LogP contribution is 2.17. The number of nitrogens with one attached hydrogen (secondary N) is 1. The molecule has 1 atom stereocenters. The van der Waals surface area contributed by atoms with E-state index >= 15 is 0 Å². The van der Waals surface area contributed by atoms with Crippen molar-refractivity contribution in [1.29, 1.82) is 5.26 Å². The number of carbonyl (C=O) groups is 1. The van der Waals surface area contributed by atoms with Crippen molar-refractivity contribution in [3.63, 3.8) is 0 Å². The fraction of sp³-hybridized carbons (Fsp3) is 0.143. The van der Waals surface area contributed by atoms with E-state index in [1.165, 1.54) is 0 Å². The lowest BCUT2D eigenvalue weighted by atomic mass is 10.1. The van der Waals surface area contributed by atoms with Crippen LogP contribution in [0.4, 0.5) is 0 Å². The van der Waals surface area contributed by atoms with E-state index in [1.54, 1.807) is 54.2 Å². The van der Waals surface area contributed by atoms with Crippen molar-refractivity contribution in [2.45, 2.75) is 6.04 Å². The molecule has 0 aliphatic rings. The fourth-order valence-corrected chi connectivity index (χ4v) is 1.98. The summed E-state index contributed by atoms with van der Waals surface area (Å²) in [6.07, 6.45) is 1.77. The van der Waals surface area contributed by atoms with Gasteiger partial charge >= 0.3 is 0 Å². The molecule has 2 rings (SSSR count). The van der Waals surface area contributed by atoms with E-state index in [4.69, 9.17) is 11.6 Å². The van der Waals surface area contributed by atoms with Crippen LogP contribution in [-0.4, -0.2) is 10.5 Å². The number of amides is 1. The standard InChI is InChI=1S/C14H12ClN3O/c1-18-7-3-6-13(18)14(19)17-12(9-16)10-4-2-5-11(15)8-10/h2-8,12H,1H3,(H,17,19)/t12-/m0/s1. The van der Waals surface area contributed by atoms with Gasteiger partial charge in [0, 0.05) is 18.3 Å². The summed E-state index contributed by atoms with van der Waals surface area (Å²) in [7, 11) is 1.77. The molecule has 0 aliphatic carbocycles. The first-order valence-corrected chi connectivity index (χ1v) is 6.07. The van der Waals surface area contributed by atoms with Crippen molar-refractivity contribution in [2.75, 3.05) is 0 Å². The largest absolute Gasteiger partial charge is 0.347 e. The molecule has 1 aromatic carbocycles. The zero-order chi connectivity index (χ0) is 13.8. The molecule has 0 saturated heterocycles. The van der Waals surface area contributed by atoms with Gasteiger partial charge in [0.15, 0.2) is 0 Å². The zero-order valence-corrected chi connectivity index (χ0v) is 11.1. The quantitative estimate of drug-likeness (QED) is 0.935. The fourth-order valence-electron chi connectivity index (χ4n) is 1.78. The van der Waals surface area contributed by atoms with E-state index in [0.29, 0.717) is 16.3 Å². The number of rotatable bonds is 3. The first-order valence-electron chi connectivity index (χ1n) is 5.69. The van der Waals surface area contributed by atoms with Crippen molar-refractivity contribution < 1.29 is 4.79 Å². The van der Waals surface area contributed by atoms with Crippen LogP contribution in [-0.2, 0) is 7.05 Å². The maximum Gasteiger partial charge on any atom is 0.269 e. The summed E-state index contributed by atoms with van der Waals surface area (Å²) in [6, 6.07) is 11.7. The van der Waals surface area contributed by atoms with Gasteiger partial charge in [-0.2, -0.15) is 5.26 Å². The molecule has 0 saturated carbocycles. The number of halogens is 1. The third-order valence-corrected chi connectivity index (χ3v) is 3.00. The molecule has 0 bridgehead atoms. The predicted octanol–water partition coefficient (Wildman–Crippen LogP) is 2.67. The summed E-state index contributed by atoms with van der Waals surface area (Å²) in [5.41, 5.74) is 1.17. The Kier molecular flexibility index (Phi) is 3.88. The Morgan fingerprint density at radius 3 is 2.79 bits per heavy atom. The molecule has 0 unspecified atom stereocenters. The van der Waals surface area contributed by atoms with E-state index in [-0.39, 0.29) is 5.91 Å². The topological polar surface area (TPSA) is 57.8 Å². The van der Waals surface area contributed by atoms with Gasteiger partial charge < -0.3 is 9.88 Å². The summed E-state index contributed by atoms with van der Waals surface area (Å²) >= 11 is 5.88. The molecule has 96 valence electrons. The second-order valence-electron chi connectivity index (χ2n) is 4.09. The number of aryl methyl sites for hydroxylation is 1. The van der Waals surface area contributed by atoms with Crippen LogP contribution in [0.1, 0.15) is 22.1 Å². The molecule has 1 aromatic heterocycles. The highest BCUT2D eigenvalue weighted by Gasteiger charge is 2.16. The van der Waals surface area contributed by atoms with Crippen LogP contribution in [0, 0.1) is 11.3 Å². The molecule has 1 heterocycles. The van der Waals surface area contributed by atoms with E-state index in [2.05, 4.69) is 11.4 Å². The Hall–Kier alpha value is -2.25. The maximum absolute atomic E-state index is 12.0. The Bertz CT molecular complexity index is 642. The van der Waals surface area contributed by atoms with Gasteiger partial charge in [0.2, 0.25) is 0 Å². The second kappa shape index (κ2) is 5.59. The summed E-state index contributed by atoms with van der Waals surface area (Å²) in [5, 5.41) is 12.4. The Morgan fingerprint density at radius 1 is 1.42 bits per heavy atom. The number of aromatic nitrogens is 1. The van der Waals surface area contributed by atoms with Crippen LogP contribution in [0.5, 0.6) is 0 Å². The van der Waals surface area contributed by atoms with Crippen molar-refractivity contribution in [3.05, 3.63) is 58.9 Å². The van der Waals surface area contributed by atoms with E-state index in [9.17, 15) is 10.1 Å². The van der Waals surface area contributed by atoms with Gasteiger partial charge in [-0.3, -0.25) is 4.79 Å². The summed E-state index contributed by atoms with van der Waals surface area (Å²) < 4.78 is 1.70. The summed E-state index contributed by atoms with van der Waals surface area (Å²) in [5.74, 6) is -0.293. The lowest BCUT2D eigenvalue weighted by Gasteiger charge is -2.12. The van der Waals surface area contributed by atoms with Crippen LogP contribution in [0.2, 0.25) is 5.02 Å². The molecule has 19 heavy (non-hydrogen) atoms. The van der Waals surface area contributed by atoms with Crippen molar-refractivity contribution >= 4 is 17.5 Å². The van der Waals surface area contributed by atoms with Gasteiger partial charge in [-0.15, -0.1) is 0 Å². The minimum Gasteiger partial charge on any atom is -0.347 e. The minimum atomic E-state index is -0.721. The molecular weight excluding hydrogens is 262 g/mol. The number of benzene rings is 1. The highest BCUT2D eigenvalue weighted by molar-refractivity contribution is 6.30. The number of hydrogen-bond donors (Lipinski definition) is 1. The molecule has 2 aromatic rings. The first kappa shape index (κ1) is 13.2. The Labute approximate surface area is 116 Å². The Morgan fingerprint density at radius 2 is 2.21 bits per heavy atom. The van der Waals surface area contributed by atoms with Crippen molar-refractivity contribution in [2.24, 2.45) is 7.05 Å². The number of carbonyl (C=O) groups excluding carboxylic acids is 1. The van der Waals surface area contributed by atoms with Crippen LogP contribution in [0.3, 0.4) is 0 Å². The van der Waals surface area contributed by atoms with Crippen LogP contribution >= 0.6 is 11.6 Å². The smallest absolute Gasteiger partial charge is 0.269 e. The monoisotopic (exact) mass is 273 g/mol. The van der Waals surface area contributed by atoms with E-state index < -0.39 is 6.04 Å². The molecule has 0 aliphatic heterocycles.